The molecular formula is C43H46BN. The first-order valence-corrected chi connectivity index (χ1v) is 17.1. The van der Waals surface area contributed by atoms with Crippen LogP contribution in [0.4, 0.5) is 0 Å². The van der Waals surface area contributed by atoms with Crippen molar-refractivity contribution in [3.05, 3.63) is 157 Å². The molecule has 1 aliphatic heterocycles. The molecule has 0 N–H and O–H groups in total. The third kappa shape index (κ3) is 5.29. The van der Waals surface area contributed by atoms with Gasteiger partial charge in [-0.05, 0) is 35.3 Å². The Labute approximate surface area is 270 Å². The Morgan fingerprint density at radius 3 is 1.47 bits per heavy atom. The number of fused-ring (bicyclic) bond motifs is 3. The highest BCUT2D eigenvalue weighted by atomic mass is 15.1. The van der Waals surface area contributed by atoms with Crippen LogP contribution < -0.4 is 21.9 Å². The largest absolute Gasteiger partial charge is 0.232 e. The highest BCUT2D eigenvalue weighted by molar-refractivity contribution is 7.19. The molecule has 9 rings (SSSR count). The van der Waals surface area contributed by atoms with Gasteiger partial charge in [0.15, 0.2) is 12.3 Å². The third-order valence-corrected chi connectivity index (χ3v) is 11.9. The van der Waals surface area contributed by atoms with Crippen LogP contribution in [0.15, 0.2) is 146 Å². The first kappa shape index (κ1) is 29.5. The lowest BCUT2D eigenvalue weighted by Crippen LogP contribution is -2.74. The molecule has 0 radical (unpaired) electrons. The van der Waals surface area contributed by atoms with Crippen LogP contribution in [0.3, 0.4) is 0 Å². The van der Waals surface area contributed by atoms with E-state index in [1.165, 1.54) is 58.8 Å². The molecule has 0 aromatic heterocycles. The maximum Gasteiger partial charge on any atom is 0.171 e. The molecule has 5 aromatic carbocycles. The molecule has 4 aliphatic rings. The van der Waals surface area contributed by atoms with Gasteiger partial charge in [0.05, 0.1) is 0 Å². The fourth-order valence-electron chi connectivity index (χ4n) is 9.32. The normalized spacial score (nSPS) is 23.0. The van der Waals surface area contributed by atoms with Crippen LogP contribution in [0.25, 0.3) is 0 Å². The zero-order chi connectivity index (χ0) is 30.9. The summed E-state index contributed by atoms with van der Waals surface area (Å²) in [6.07, 6.45) is 5.33. The molecule has 2 heteroatoms. The lowest BCUT2D eigenvalue weighted by Gasteiger charge is -2.60. The van der Waals surface area contributed by atoms with Crippen LogP contribution >= 0.6 is 0 Å². The second-order valence-corrected chi connectivity index (χ2v) is 14.3. The Bertz CT molecular complexity index is 1580. The lowest BCUT2D eigenvalue weighted by molar-refractivity contribution is -0.584. The van der Waals surface area contributed by atoms with Crippen molar-refractivity contribution in [2.75, 3.05) is 6.54 Å². The minimum atomic E-state index is -1.22. The molecule has 0 spiro atoms. The molecule has 226 valence electrons. The van der Waals surface area contributed by atoms with Crippen molar-refractivity contribution in [3.8, 4) is 0 Å². The molecule has 0 amide bonds. The van der Waals surface area contributed by atoms with Crippen LogP contribution in [-0.4, -0.2) is 29.5 Å². The van der Waals surface area contributed by atoms with Gasteiger partial charge in [-0.25, -0.2) is 4.58 Å². The van der Waals surface area contributed by atoms with Gasteiger partial charge in [-0.2, -0.15) is 21.9 Å². The van der Waals surface area contributed by atoms with Gasteiger partial charge in [0.2, 0.25) is 0 Å². The Balaban J connectivity index is 0.000000148. The molecule has 1 nitrogen and oxygen atoms in total. The highest BCUT2D eigenvalue weighted by Crippen LogP contribution is 2.61. The molecule has 2 bridgehead atoms. The number of benzene rings is 5. The van der Waals surface area contributed by atoms with Crippen molar-refractivity contribution in [1.82, 2.24) is 0 Å². The van der Waals surface area contributed by atoms with E-state index in [-0.39, 0.29) is 0 Å². The fraction of sp³-hybridized carbons (Fsp3) is 0.279. The van der Waals surface area contributed by atoms with Crippen LogP contribution in [0.5, 0.6) is 0 Å². The van der Waals surface area contributed by atoms with Crippen molar-refractivity contribution in [2.24, 2.45) is 23.2 Å². The van der Waals surface area contributed by atoms with E-state index >= 15 is 0 Å². The van der Waals surface area contributed by atoms with Gasteiger partial charge in [-0.15, -0.1) is 0 Å². The Kier molecular flexibility index (Phi) is 8.09. The molecular weight excluding hydrogens is 541 g/mol. The maximum atomic E-state index is 2.67. The number of hydrogen-bond donors (Lipinski definition) is 0. The number of nitrogens with zero attached hydrogens (tertiary/aromatic N) is 1. The summed E-state index contributed by atoms with van der Waals surface area (Å²) < 4.78 is 2.67. The van der Waals surface area contributed by atoms with Gasteiger partial charge in [0, 0.05) is 24.3 Å². The maximum absolute atomic E-state index is 2.67. The van der Waals surface area contributed by atoms with E-state index in [0.29, 0.717) is 5.41 Å². The smallest absolute Gasteiger partial charge is 0.171 e. The lowest BCUT2D eigenvalue weighted by atomic mass is 9.13. The molecule has 0 unspecified atom stereocenters. The molecule has 3 fully saturated rings. The predicted molar refractivity (Wildman–Crippen MR) is 193 cm³/mol. The number of hydrogen-bond acceptors (Lipinski definition) is 0. The highest BCUT2D eigenvalue weighted by Gasteiger charge is 2.59. The standard InChI is InChI=1S/C24H20B.C19H26N/c1-5-13-21(14-6-1)25(22-15-7-2-8-16-22,23-17-9-3-10-18-23)24-19-11-4-12-20-24;1-13-17-10-16(19(17,2)3)11-18(13)20-9-8-14-6-4-5-7-15(14)12-20/h1-20H;4-7,12-13,16-18H,8-11H2,1-3H3/q-1;+1/t;13-,16+,17-,18-/m.1/s1. The Morgan fingerprint density at radius 1 is 0.578 bits per heavy atom. The van der Waals surface area contributed by atoms with E-state index in [0.717, 1.165) is 23.8 Å². The molecule has 3 saturated carbocycles. The molecule has 0 saturated heterocycles. The van der Waals surface area contributed by atoms with Gasteiger partial charge in [-0.1, -0.05) is 160 Å². The summed E-state index contributed by atoms with van der Waals surface area (Å²) in [5.41, 5.74) is 8.93. The average Bonchev–Trinajstić information content (AvgIpc) is 3.10. The van der Waals surface area contributed by atoms with Crippen molar-refractivity contribution >= 4 is 34.2 Å². The molecule has 45 heavy (non-hydrogen) atoms. The summed E-state index contributed by atoms with van der Waals surface area (Å²) in [4.78, 5) is 0. The van der Waals surface area contributed by atoms with Gasteiger partial charge < -0.3 is 0 Å². The Hall–Kier alpha value is -4.17. The SMILES string of the molecule is C[C@H]1[C@H]([N+]2=Cc3ccccc3CC2)C[C@@H]2C[C@H]1C2(C)C.c1ccc([B-](c2ccccc2)(c2ccccc2)c2ccccc2)cc1. The van der Waals surface area contributed by atoms with E-state index in [9.17, 15) is 0 Å². The summed E-state index contributed by atoms with van der Waals surface area (Å²) in [6, 6.07) is 53.2. The van der Waals surface area contributed by atoms with Crippen molar-refractivity contribution in [3.63, 3.8) is 0 Å². The zero-order valence-electron chi connectivity index (χ0n) is 27.1. The second kappa shape index (κ2) is 12.3. The zero-order valence-corrected chi connectivity index (χ0v) is 27.1. The summed E-state index contributed by atoms with van der Waals surface area (Å²) in [7, 11) is 0. The molecule has 1 heterocycles. The van der Waals surface area contributed by atoms with Crippen LogP contribution in [0, 0.1) is 23.2 Å². The van der Waals surface area contributed by atoms with E-state index in [1.54, 1.807) is 0 Å². The summed E-state index contributed by atoms with van der Waals surface area (Å²) >= 11 is 0. The first-order valence-electron chi connectivity index (χ1n) is 17.1. The quantitative estimate of drug-likeness (QED) is 0.157. The van der Waals surface area contributed by atoms with Crippen LogP contribution in [0.1, 0.15) is 44.7 Å². The fourth-order valence-corrected chi connectivity index (χ4v) is 9.32. The molecule has 4 atom stereocenters. The van der Waals surface area contributed by atoms with Gasteiger partial charge in [-0.3, -0.25) is 0 Å². The van der Waals surface area contributed by atoms with E-state index in [4.69, 9.17) is 0 Å². The van der Waals surface area contributed by atoms with Crippen LogP contribution in [0.2, 0.25) is 0 Å². The van der Waals surface area contributed by atoms with Crippen molar-refractivity contribution in [1.29, 1.82) is 0 Å². The van der Waals surface area contributed by atoms with E-state index < -0.39 is 6.15 Å². The molecule has 3 aliphatic carbocycles. The topological polar surface area (TPSA) is 3.01 Å². The summed E-state index contributed by atoms with van der Waals surface area (Å²) in [6.45, 7) is 8.70. The van der Waals surface area contributed by atoms with Gasteiger partial charge in [0.25, 0.3) is 0 Å². The van der Waals surface area contributed by atoms with E-state index in [2.05, 4.69) is 177 Å². The van der Waals surface area contributed by atoms with E-state index in [1.807, 2.05) is 0 Å². The minimum Gasteiger partial charge on any atom is -0.232 e. The second-order valence-electron chi connectivity index (χ2n) is 14.3. The summed E-state index contributed by atoms with van der Waals surface area (Å²) in [5.74, 6) is 2.74. The van der Waals surface area contributed by atoms with Gasteiger partial charge in [0.1, 0.15) is 12.7 Å². The Morgan fingerprint density at radius 2 is 1.02 bits per heavy atom. The van der Waals surface area contributed by atoms with Crippen molar-refractivity contribution in [2.45, 2.75) is 46.1 Å². The molecule has 5 aromatic rings. The summed E-state index contributed by atoms with van der Waals surface area (Å²) in [5, 5.41) is 0. The average molecular weight is 588 g/mol. The van der Waals surface area contributed by atoms with Crippen molar-refractivity contribution < 1.29 is 4.58 Å². The minimum absolute atomic E-state index is 0.601. The predicted octanol–water partition coefficient (Wildman–Crippen LogP) is 6.81. The monoisotopic (exact) mass is 587 g/mol. The van der Waals surface area contributed by atoms with Crippen LogP contribution in [-0.2, 0) is 6.42 Å². The first-order chi connectivity index (χ1) is 22.0. The van der Waals surface area contributed by atoms with Gasteiger partial charge >= 0.3 is 0 Å². The number of rotatable bonds is 5. The third-order valence-electron chi connectivity index (χ3n) is 11.9.